The molecular formula is C18H19N3O3. The fourth-order valence-electron chi connectivity index (χ4n) is 2.60. The number of pyridine rings is 1. The molecule has 124 valence electrons. The van der Waals surface area contributed by atoms with Gasteiger partial charge in [-0.15, -0.1) is 0 Å². The van der Waals surface area contributed by atoms with E-state index in [-0.39, 0.29) is 29.9 Å². The summed E-state index contributed by atoms with van der Waals surface area (Å²) in [6.45, 7) is 5.49. The summed E-state index contributed by atoms with van der Waals surface area (Å²) < 4.78 is 5.53. The van der Waals surface area contributed by atoms with Gasteiger partial charge in [-0.2, -0.15) is 0 Å². The van der Waals surface area contributed by atoms with Crippen LogP contribution in [-0.2, 0) is 4.79 Å². The van der Waals surface area contributed by atoms with E-state index in [9.17, 15) is 9.59 Å². The van der Waals surface area contributed by atoms with Gasteiger partial charge in [0.2, 0.25) is 0 Å². The molecule has 1 aromatic carbocycles. The molecule has 2 heterocycles. The normalized spacial score (nSPS) is 16.5. The third kappa shape index (κ3) is 2.82. The van der Waals surface area contributed by atoms with E-state index in [2.05, 4.69) is 4.98 Å². The second-order valence-electron chi connectivity index (χ2n) is 5.96. The molecule has 0 saturated heterocycles. The van der Waals surface area contributed by atoms with Crippen molar-refractivity contribution < 1.29 is 14.3 Å². The minimum atomic E-state index is -0.671. The zero-order valence-corrected chi connectivity index (χ0v) is 13.9. The fraction of sp³-hybridized carbons (Fsp3) is 0.278. The van der Waals surface area contributed by atoms with E-state index in [4.69, 9.17) is 10.5 Å². The van der Waals surface area contributed by atoms with Crippen LogP contribution < -0.4 is 15.4 Å². The molecule has 1 aliphatic heterocycles. The van der Waals surface area contributed by atoms with Crippen molar-refractivity contribution in [2.24, 2.45) is 0 Å². The highest BCUT2D eigenvalue weighted by Gasteiger charge is 2.34. The van der Waals surface area contributed by atoms with E-state index in [1.165, 1.54) is 4.90 Å². The first-order chi connectivity index (χ1) is 11.4. The molecule has 2 aromatic rings. The summed E-state index contributed by atoms with van der Waals surface area (Å²) in [6.07, 6.45) is -0.671. The number of anilines is 2. The Balaban J connectivity index is 1.93. The van der Waals surface area contributed by atoms with Gasteiger partial charge in [-0.1, -0.05) is 12.1 Å². The molecule has 1 aliphatic rings. The predicted molar refractivity (Wildman–Crippen MR) is 91.3 cm³/mol. The summed E-state index contributed by atoms with van der Waals surface area (Å²) in [5.74, 6) is 0.538. The van der Waals surface area contributed by atoms with Gasteiger partial charge in [-0.05, 0) is 50.1 Å². The SMILES string of the molecule is Cc1ccc(C(=O)CN2C(=O)C(C)Oc3ccc(N)nc32)cc1C. The Kier molecular flexibility index (Phi) is 3.97. The molecule has 0 spiro atoms. The third-order valence-electron chi connectivity index (χ3n) is 4.16. The lowest BCUT2D eigenvalue weighted by Crippen LogP contribution is -2.47. The van der Waals surface area contributed by atoms with E-state index in [1.807, 2.05) is 26.0 Å². The van der Waals surface area contributed by atoms with Gasteiger partial charge in [-0.3, -0.25) is 14.5 Å². The number of ketones is 1. The molecule has 3 rings (SSSR count). The maximum Gasteiger partial charge on any atom is 0.269 e. The van der Waals surface area contributed by atoms with Gasteiger partial charge in [0.1, 0.15) is 5.82 Å². The van der Waals surface area contributed by atoms with Crippen LogP contribution in [0.2, 0.25) is 0 Å². The third-order valence-corrected chi connectivity index (χ3v) is 4.16. The van der Waals surface area contributed by atoms with Gasteiger partial charge in [0, 0.05) is 5.56 Å². The summed E-state index contributed by atoms with van der Waals surface area (Å²) in [5.41, 5.74) is 8.42. The van der Waals surface area contributed by atoms with Crippen molar-refractivity contribution in [3.63, 3.8) is 0 Å². The van der Waals surface area contributed by atoms with Crippen LogP contribution in [0.5, 0.6) is 5.75 Å². The number of Topliss-reactive ketones (excluding diaryl/α,β-unsaturated/α-hetero) is 1. The number of aryl methyl sites for hydroxylation is 2. The van der Waals surface area contributed by atoms with Crippen molar-refractivity contribution >= 4 is 23.3 Å². The number of nitrogen functional groups attached to an aromatic ring is 1. The minimum absolute atomic E-state index is 0.0987. The van der Waals surface area contributed by atoms with Gasteiger partial charge in [0.15, 0.2) is 23.5 Å². The monoisotopic (exact) mass is 325 g/mol. The molecule has 0 aliphatic carbocycles. The first-order valence-corrected chi connectivity index (χ1v) is 7.72. The predicted octanol–water partition coefficient (Wildman–Crippen LogP) is 2.28. The maximum absolute atomic E-state index is 12.6. The lowest BCUT2D eigenvalue weighted by Gasteiger charge is -2.31. The van der Waals surface area contributed by atoms with Crippen LogP contribution in [0, 0.1) is 13.8 Å². The molecule has 0 bridgehead atoms. The van der Waals surface area contributed by atoms with E-state index in [0.717, 1.165) is 11.1 Å². The standard InChI is InChI=1S/C18H19N3O3/c1-10-4-5-13(8-11(10)2)14(22)9-21-17-15(6-7-16(19)20-17)24-12(3)18(21)23/h4-8,12H,9H2,1-3H3,(H2,19,20). The fourth-order valence-corrected chi connectivity index (χ4v) is 2.60. The Morgan fingerprint density at radius 2 is 2.00 bits per heavy atom. The number of rotatable bonds is 3. The van der Waals surface area contributed by atoms with Crippen molar-refractivity contribution in [3.05, 3.63) is 47.0 Å². The molecule has 1 unspecified atom stereocenters. The van der Waals surface area contributed by atoms with Crippen LogP contribution in [-0.4, -0.2) is 29.3 Å². The number of carbonyl (C=O) groups is 2. The second kappa shape index (κ2) is 5.96. The lowest BCUT2D eigenvalue weighted by molar-refractivity contribution is -0.125. The molecule has 2 N–H and O–H groups in total. The van der Waals surface area contributed by atoms with Crippen LogP contribution in [0.25, 0.3) is 0 Å². The van der Waals surface area contributed by atoms with Crippen LogP contribution in [0.1, 0.15) is 28.4 Å². The average molecular weight is 325 g/mol. The van der Waals surface area contributed by atoms with Crippen LogP contribution in [0.4, 0.5) is 11.6 Å². The maximum atomic E-state index is 12.6. The Morgan fingerprint density at radius 3 is 2.71 bits per heavy atom. The summed E-state index contributed by atoms with van der Waals surface area (Å²) in [7, 11) is 0. The van der Waals surface area contributed by atoms with Gasteiger partial charge >= 0.3 is 0 Å². The number of hydrogen-bond donors (Lipinski definition) is 1. The van der Waals surface area contributed by atoms with Crippen molar-refractivity contribution in [2.75, 3.05) is 17.2 Å². The highest BCUT2D eigenvalue weighted by Crippen LogP contribution is 2.33. The number of nitrogens with two attached hydrogens (primary N) is 1. The number of amides is 1. The van der Waals surface area contributed by atoms with E-state index >= 15 is 0 Å². The van der Waals surface area contributed by atoms with Gasteiger partial charge in [0.05, 0.1) is 6.54 Å². The van der Waals surface area contributed by atoms with Crippen LogP contribution >= 0.6 is 0 Å². The Bertz CT molecular complexity index is 832. The summed E-state index contributed by atoms with van der Waals surface area (Å²) in [4.78, 5) is 30.6. The summed E-state index contributed by atoms with van der Waals surface area (Å²) in [6, 6.07) is 8.77. The summed E-state index contributed by atoms with van der Waals surface area (Å²) >= 11 is 0. The number of benzene rings is 1. The van der Waals surface area contributed by atoms with E-state index < -0.39 is 6.10 Å². The minimum Gasteiger partial charge on any atom is -0.477 e. The zero-order valence-electron chi connectivity index (χ0n) is 13.9. The number of hydrogen-bond acceptors (Lipinski definition) is 5. The quantitative estimate of drug-likeness (QED) is 0.875. The smallest absolute Gasteiger partial charge is 0.269 e. The number of ether oxygens (including phenoxy) is 1. The van der Waals surface area contributed by atoms with Crippen molar-refractivity contribution in [3.8, 4) is 5.75 Å². The Labute approximate surface area is 140 Å². The molecule has 24 heavy (non-hydrogen) atoms. The largest absolute Gasteiger partial charge is 0.477 e. The number of aromatic nitrogens is 1. The molecule has 1 atom stereocenters. The molecule has 1 amide bonds. The van der Waals surface area contributed by atoms with E-state index in [0.29, 0.717) is 11.3 Å². The molecule has 0 fully saturated rings. The zero-order chi connectivity index (χ0) is 17.4. The lowest BCUT2D eigenvalue weighted by atomic mass is 10.0. The van der Waals surface area contributed by atoms with Crippen LogP contribution in [0.15, 0.2) is 30.3 Å². The summed E-state index contributed by atoms with van der Waals surface area (Å²) in [5, 5.41) is 0. The molecule has 0 saturated carbocycles. The van der Waals surface area contributed by atoms with Gasteiger partial charge in [0.25, 0.3) is 5.91 Å². The number of fused-ring (bicyclic) bond motifs is 1. The number of carbonyl (C=O) groups excluding carboxylic acids is 2. The van der Waals surface area contributed by atoms with Gasteiger partial charge < -0.3 is 10.5 Å². The van der Waals surface area contributed by atoms with Gasteiger partial charge in [-0.25, -0.2) is 4.98 Å². The van der Waals surface area contributed by atoms with Crippen molar-refractivity contribution in [1.29, 1.82) is 0 Å². The first-order valence-electron chi connectivity index (χ1n) is 7.72. The molecule has 6 nitrogen and oxygen atoms in total. The Morgan fingerprint density at radius 1 is 1.25 bits per heavy atom. The second-order valence-corrected chi connectivity index (χ2v) is 5.96. The molecule has 6 heteroatoms. The van der Waals surface area contributed by atoms with Crippen molar-refractivity contribution in [1.82, 2.24) is 4.98 Å². The average Bonchev–Trinajstić information content (AvgIpc) is 2.55. The topological polar surface area (TPSA) is 85.5 Å². The van der Waals surface area contributed by atoms with Crippen molar-refractivity contribution in [2.45, 2.75) is 26.9 Å². The molecule has 0 radical (unpaired) electrons. The highest BCUT2D eigenvalue weighted by molar-refractivity contribution is 6.07. The first kappa shape index (κ1) is 16.0. The molecular weight excluding hydrogens is 306 g/mol. The highest BCUT2D eigenvalue weighted by atomic mass is 16.5. The molecule has 1 aromatic heterocycles. The van der Waals surface area contributed by atoms with Crippen LogP contribution in [0.3, 0.4) is 0 Å². The van der Waals surface area contributed by atoms with E-state index in [1.54, 1.807) is 25.1 Å². The number of nitrogens with zero attached hydrogens (tertiary/aromatic N) is 2. The Hall–Kier alpha value is -2.89.